The first-order valence-corrected chi connectivity index (χ1v) is 6.42. The molecule has 0 radical (unpaired) electrons. The van der Waals surface area contributed by atoms with Crippen LogP contribution in [0.5, 0.6) is 0 Å². The summed E-state index contributed by atoms with van der Waals surface area (Å²) >= 11 is 0. The van der Waals surface area contributed by atoms with Crippen molar-refractivity contribution in [3.05, 3.63) is 42.2 Å². The summed E-state index contributed by atoms with van der Waals surface area (Å²) in [5, 5.41) is 5.02. The van der Waals surface area contributed by atoms with Gasteiger partial charge in [-0.2, -0.15) is 0 Å². The minimum atomic E-state index is -3.86. The van der Waals surface area contributed by atoms with Crippen molar-refractivity contribution in [3.8, 4) is 0 Å². The molecule has 2 N–H and O–H groups in total. The predicted molar refractivity (Wildman–Crippen MR) is 60.9 cm³/mol. The molecule has 1 rings (SSSR count). The maximum absolute atomic E-state index is 12.9. The van der Waals surface area contributed by atoms with Gasteiger partial charge in [-0.25, -0.2) is 17.9 Å². The molecule has 0 spiro atoms. The molecule has 0 unspecified atom stereocenters. The number of allylic oxidation sites excluding steroid dienone is 1. The van der Waals surface area contributed by atoms with Crippen LogP contribution in [0.4, 0.5) is 4.39 Å². The van der Waals surface area contributed by atoms with Gasteiger partial charge in [-0.05, 0) is 37.0 Å². The van der Waals surface area contributed by atoms with Crippen LogP contribution >= 0.6 is 0 Å². The largest absolute Gasteiger partial charge is 0.238 e. The van der Waals surface area contributed by atoms with Crippen LogP contribution in [0.15, 0.2) is 35.7 Å². The van der Waals surface area contributed by atoms with Gasteiger partial charge in [0, 0.05) is 0 Å². The van der Waals surface area contributed by atoms with Crippen molar-refractivity contribution in [1.29, 1.82) is 0 Å². The minimum absolute atomic E-state index is 0.128. The van der Waals surface area contributed by atoms with Crippen molar-refractivity contribution < 1.29 is 12.8 Å². The van der Waals surface area contributed by atoms with E-state index in [1.165, 1.54) is 12.1 Å². The van der Waals surface area contributed by atoms with Crippen LogP contribution in [-0.2, 0) is 16.4 Å². The van der Waals surface area contributed by atoms with Gasteiger partial charge >= 0.3 is 0 Å². The molecule has 0 fully saturated rings. The molecule has 0 bridgehead atoms. The predicted octanol–water partition coefficient (Wildman–Crippen LogP) is 1.98. The second kappa shape index (κ2) is 5.23. The highest BCUT2D eigenvalue weighted by Gasteiger charge is 2.14. The average Bonchev–Trinajstić information content (AvgIpc) is 2.19. The van der Waals surface area contributed by atoms with Crippen molar-refractivity contribution >= 4 is 10.0 Å². The number of unbranched alkanes of at least 4 members (excludes halogenated alkanes) is 1. The lowest BCUT2D eigenvalue weighted by molar-refractivity contribution is 0.589. The monoisotopic (exact) mass is 243 g/mol. The summed E-state index contributed by atoms with van der Waals surface area (Å²) in [7, 11) is -3.86. The summed E-state index contributed by atoms with van der Waals surface area (Å²) in [4.78, 5) is -0.128. The van der Waals surface area contributed by atoms with E-state index < -0.39 is 15.8 Å². The Morgan fingerprint density at radius 1 is 1.44 bits per heavy atom. The zero-order chi connectivity index (χ0) is 12.2. The van der Waals surface area contributed by atoms with E-state index in [2.05, 4.69) is 6.58 Å². The summed E-state index contributed by atoms with van der Waals surface area (Å²) in [5.41, 5.74) is 0.547. The number of aryl methyl sites for hydroxylation is 1. The lowest BCUT2D eigenvalue weighted by Gasteiger charge is -2.07. The van der Waals surface area contributed by atoms with Crippen LogP contribution in [0, 0.1) is 5.82 Å². The van der Waals surface area contributed by atoms with E-state index in [1.807, 2.05) is 0 Å². The Balaban J connectivity index is 3.04. The molecule has 0 aliphatic rings. The Morgan fingerprint density at radius 2 is 2.12 bits per heavy atom. The molecule has 5 heteroatoms. The number of halogens is 1. The Kier molecular flexibility index (Phi) is 4.20. The highest BCUT2D eigenvalue weighted by molar-refractivity contribution is 7.89. The quantitative estimate of drug-likeness (QED) is 0.635. The number of hydrogen-bond acceptors (Lipinski definition) is 2. The molecular weight excluding hydrogens is 229 g/mol. The van der Waals surface area contributed by atoms with Crippen LogP contribution in [-0.4, -0.2) is 8.42 Å². The van der Waals surface area contributed by atoms with E-state index in [1.54, 1.807) is 6.08 Å². The van der Waals surface area contributed by atoms with E-state index in [4.69, 9.17) is 5.14 Å². The Morgan fingerprint density at radius 3 is 2.69 bits per heavy atom. The second-order valence-corrected chi connectivity index (χ2v) is 5.01. The fraction of sp³-hybridized carbons (Fsp3) is 0.273. The lowest BCUT2D eigenvalue weighted by atomic mass is 10.1. The molecule has 1 aromatic rings. The van der Waals surface area contributed by atoms with Gasteiger partial charge in [0.05, 0.1) is 4.90 Å². The molecule has 0 heterocycles. The molecule has 3 nitrogen and oxygen atoms in total. The molecule has 0 saturated carbocycles. The van der Waals surface area contributed by atoms with E-state index >= 15 is 0 Å². The van der Waals surface area contributed by atoms with Gasteiger partial charge in [0.1, 0.15) is 5.82 Å². The Hall–Kier alpha value is -1.20. The van der Waals surface area contributed by atoms with E-state index in [0.29, 0.717) is 12.0 Å². The molecule has 0 aromatic heterocycles. The minimum Gasteiger partial charge on any atom is -0.225 e. The van der Waals surface area contributed by atoms with E-state index in [-0.39, 0.29) is 4.90 Å². The molecule has 0 aliphatic heterocycles. The molecule has 0 amide bonds. The molecule has 16 heavy (non-hydrogen) atoms. The lowest BCUT2D eigenvalue weighted by Crippen LogP contribution is -2.15. The van der Waals surface area contributed by atoms with E-state index in [0.717, 1.165) is 18.9 Å². The van der Waals surface area contributed by atoms with Crippen LogP contribution in [0.3, 0.4) is 0 Å². The molecule has 1 aromatic carbocycles. The average molecular weight is 243 g/mol. The Bertz CT molecular complexity index is 483. The number of hydrogen-bond donors (Lipinski definition) is 1. The van der Waals surface area contributed by atoms with Crippen molar-refractivity contribution in [2.75, 3.05) is 0 Å². The molecule has 0 atom stereocenters. The molecule has 0 aliphatic carbocycles. The maximum atomic E-state index is 12.9. The van der Waals surface area contributed by atoms with Crippen LogP contribution < -0.4 is 5.14 Å². The zero-order valence-electron chi connectivity index (χ0n) is 8.82. The summed E-state index contributed by atoms with van der Waals surface area (Å²) in [6, 6.07) is 3.65. The Labute approximate surface area is 94.8 Å². The fourth-order valence-corrected chi connectivity index (χ4v) is 2.25. The van der Waals surface area contributed by atoms with E-state index in [9.17, 15) is 12.8 Å². The normalized spacial score (nSPS) is 11.4. The number of benzene rings is 1. The van der Waals surface area contributed by atoms with Crippen molar-refractivity contribution in [3.63, 3.8) is 0 Å². The first-order chi connectivity index (χ1) is 7.45. The SMILES string of the molecule is C=CCCCc1ccc(F)cc1S(N)(=O)=O. The van der Waals surface area contributed by atoms with Crippen molar-refractivity contribution in [2.45, 2.75) is 24.2 Å². The van der Waals surface area contributed by atoms with Gasteiger partial charge in [-0.1, -0.05) is 12.1 Å². The standard InChI is InChI=1S/C11H14FNO2S/c1-2-3-4-5-9-6-7-10(12)8-11(9)16(13,14)15/h2,6-8H,1,3-5H2,(H2,13,14,15). The number of nitrogens with two attached hydrogens (primary N) is 1. The van der Waals surface area contributed by atoms with Crippen LogP contribution in [0.2, 0.25) is 0 Å². The van der Waals surface area contributed by atoms with Gasteiger partial charge in [-0.15, -0.1) is 6.58 Å². The molecule has 0 saturated heterocycles. The van der Waals surface area contributed by atoms with Gasteiger partial charge < -0.3 is 0 Å². The van der Waals surface area contributed by atoms with Crippen LogP contribution in [0.25, 0.3) is 0 Å². The van der Waals surface area contributed by atoms with Crippen LogP contribution in [0.1, 0.15) is 18.4 Å². The first-order valence-electron chi connectivity index (χ1n) is 4.87. The van der Waals surface area contributed by atoms with Gasteiger partial charge in [-0.3, -0.25) is 0 Å². The first kappa shape index (κ1) is 12.9. The van der Waals surface area contributed by atoms with Crippen molar-refractivity contribution in [2.24, 2.45) is 5.14 Å². The topological polar surface area (TPSA) is 60.2 Å². The fourth-order valence-electron chi connectivity index (χ4n) is 1.44. The zero-order valence-corrected chi connectivity index (χ0v) is 9.63. The smallest absolute Gasteiger partial charge is 0.225 e. The third-order valence-corrected chi connectivity index (χ3v) is 3.18. The third-order valence-electron chi connectivity index (χ3n) is 2.19. The number of sulfonamides is 1. The number of rotatable bonds is 5. The molecule has 88 valence electrons. The maximum Gasteiger partial charge on any atom is 0.238 e. The van der Waals surface area contributed by atoms with Gasteiger partial charge in [0.2, 0.25) is 10.0 Å². The van der Waals surface area contributed by atoms with Crippen molar-refractivity contribution in [1.82, 2.24) is 0 Å². The van der Waals surface area contributed by atoms with Gasteiger partial charge in [0.25, 0.3) is 0 Å². The number of primary sulfonamides is 1. The third kappa shape index (κ3) is 3.43. The van der Waals surface area contributed by atoms with Gasteiger partial charge in [0.15, 0.2) is 0 Å². The summed E-state index contributed by atoms with van der Waals surface area (Å²) < 4.78 is 35.4. The summed E-state index contributed by atoms with van der Waals surface area (Å²) in [6.07, 6.45) is 3.83. The summed E-state index contributed by atoms with van der Waals surface area (Å²) in [5.74, 6) is -0.600. The second-order valence-electron chi connectivity index (χ2n) is 3.48. The molecular formula is C11H14FNO2S. The summed E-state index contributed by atoms with van der Waals surface area (Å²) in [6.45, 7) is 3.57. The highest BCUT2D eigenvalue weighted by Crippen LogP contribution is 2.18. The highest BCUT2D eigenvalue weighted by atomic mass is 32.2.